The standard InChI is InChI=1S/C18H15FN6O/c19-15-2-1-12(10-21-15)9-14-5-8-25(18(14)26)16-11-22-17(24-23-16)13-3-6-20-7-4-13/h1-4,6-7,10-11,14H,5,8-9H2/t14-/m0/s1. The van der Waals surface area contributed by atoms with Crippen molar-refractivity contribution in [3.63, 3.8) is 0 Å². The number of aromatic nitrogens is 5. The number of hydrogen-bond acceptors (Lipinski definition) is 6. The molecule has 26 heavy (non-hydrogen) atoms. The molecule has 0 spiro atoms. The van der Waals surface area contributed by atoms with Crippen LogP contribution in [-0.2, 0) is 11.2 Å². The van der Waals surface area contributed by atoms with E-state index in [2.05, 4.69) is 25.1 Å². The molecule has 0 saturated carbocycles. The van der Waals surface area contributed by atoms with E-state index in [9.17, 15) is 9.18 Å². The van der Waals surface area contributed by atoms with E-state index in [1.54, 1.807) is 41.7 Å². The fourth-order valence-electron chi connectivity index (χ4n) is 2.99. The first-order valence-electron chi connectivity index (χ1n) is 8.22. The first kappa shape index (κ1) is 16.2. The lowest BCUT2D eigenvalue weighted by molar-refractivity contribution is -0.120. The van der Waals surface area contributed by atoms with Gasteiger partial charge in [0.1, 0.15) is 0 Å². The highest BCUT2D eigenvalue weighted by molar-refractivity contribution is 5.96. The van der Waals surface area contributed by atoms with Crippen molar-refractivity contribution in [2.24, 2.45) is 5.92 Å². The Morgan fingerprint density at radius 3 is 2.62 bits per heavy atom. The Hall–Kier alpha value is -3.29. The Bertz CT molecular complexity index is 901. The second-order valence-electron chi connectivity index (χ2n) is 6.04. The van der Waals surface area contributed by atoms with Gasteiger partial charge in [-0.3, -0.25) is 14.7 Å². The Morgan fingerprint density at radius 1 is 1.08 bits per heavy atom. The summed E-state index contributed by atoms with van der Waals surface area (Å²) in [7, 11) is 0. The number of carbonyl (C=O) groups is 1. The largest absolute Gasteiger partial charge is 0.294 e. The van der Waals surface area contributed by atoms with Crippen molar-refractivity contribution in [3.05, 3.63) is 60.6 Å². The zero-order valence-electron chi connectivity index (χ0n) is 13.8. The Kier molecular flexibility index (Phi) is 4.30. The van der Waals surface area contributed by atoms with Gasteiger partial charge in [0.15, 0.2) is 11.6 Å². The van der Waals surface area contributed by atoms with Crippen molar-refractivity contribution in [2.45, 2.75) is 12.8 Å². The second kappa shape index (κ2) is 6.91. The van der Waals surface area contributed by atoms with Crippen molar-refractivity contribution in [1.29, 1.82) is 0 Å². The molecule has 0 radical (unpaired) electrons. The number of carbonyl (C=O) groups excluding carboxylic acids is 1. The molecule has 3 aromatic heterocycles. The van der Waals surface area contributed by atoms with Gasteiger partial charge in [-0.2, -0.15) is 4.39 Å². The first-order valence-corrected chi connectivity index (χ1v) is 8.22. The molecule has 7 nitrogen and oxygen atoms in total. The molecule has 1 atom stereocenters. The average Bonchev–Trinajstić information content (AvgIpc) is 3.05. The van der Waals surface area contributed by atoms with Crippen LogP contribution in [0, 0.1) is 11.9 Å². The van der Waals surface area contributed by atoms with Gasteiger partial charge in [0.25, 0.3) is 0 Å². The normalized spacial score (nSPS) is 16.9. The molecule has 130 valence electrons. The molecular formula is C18H15FN6O. The third kappa shape index (κ3) is 3.26. The second-order valence-corrected chi connectivity index (χ2v) is 6.04. The van der Waals surface area contributed by atoms with Crippen LogP contribution in [0.5, 0.6) is 0 Å². The van der Waals surface area contributed by atoms with Gasteiger partial charge in [0.05, 0.1) is 6.20 Å². The van der Waals surface area contributed by atoms with E-state index >= 15 is 0 Å². The van der Waals surface area contributed by atoms with Crippen LogP contribution in [-0.4, -0.2) is 37.6 Å². The maximum atomic E-state index is 12.9. The van der Waals surface area contributed by atoms with E-state index in [4.69, 9.17) is 0 Å². The zero-order valence-corrected chi connectivity index (χ0v) is 13.8. The fourth-order valence-corrected chi connectivity index (χ4v) is 2.99. The number of anilines is 1. The molecule has 0 unspecified atom stereocenters. The number of amides is 1. The van der Waals surface area contributed by atoms with Gasteiger partial charge in [-0.05, 0) is 36.6 Å². The molecule has 1 aliphatic rings. The average molecular weight is 350 g/mol. The summed E-state index contributed by atoms with van der Waals surface area (Å²) in [6.07, 6.45) is 7.57. The zero-order chi connectivity index (χ0) is 17.9. The van der Waals surface area contributed by atoms with Gasteiger partial charge in [0.2, 0.25) is 11.9 Å². The van der Waals surface area contributed by atoms with Gasteiger partial charge < -0.3 is 0 Å². The van der Waals surface area contributed by atoms with Crippen LogP contribution in [0.25, 0.3) is 11.4 Å². The van der Waals surface area contributed by atoms with E-state index in [1.807, 2.05) is 0 Å². The van der Waals surface area contributed by atoms with Gasteiger partial charge in [-0.15, -0.1) is 10.2 Å². The summed E-state index contributed by atoms with van der Waals surface area (Å²) < 4.78 is 12.9. The van der Waals surface area contributed by atoms with Crippen LogP contribution < -0.4 is 4.90 Å². The van der Waals surface area contributed by atoms with E-state index in [-0.39, 0.29) is 11.8 Å². The Morgan fingerprint density at radius 2 is 1.92 bits per heavy atom. The molecular weight excluding hydrogens is 335 g/mol. The molecule has 0 bridgehead atoms. The molecule has 1 saturated heterocycles. The summed E-state index contributed by atoms with van der Waals surface area (Å²) in [5.74, 6) is 0.194. The third-order valence-corrected chi connectivity index (χ3v) is 4.35. The summed E-state index contributed by atoms with van der Waals surface area (Å²) >= 11 is 0. The Labute approximate surface area is 149 Å². The van der Waals surface area contributed by atoms with Crippen molar-refractivity contribution < 1.29 is 9.18 Å². The van der Waals surface area contributed by atoms with Crippen molar-refractivity contribution in [1.82, 2.24) is 25.1 Å². The molecule has 0 aliphatic carbocycles. The predicted molar refractivity (Wildman–Crippen MR) is 91.4 cm³/mol. The predicted octanol–water partition coefficient (Wildman–Crippen LogP) is 2.06. The van der Waals surface area contributed by atoms with Crippen LogP contribution in [0.2, 0.25) is 0 Å². The molecule has 1 aliphatic heterocycles. The molecule has 1 fully saturated rings. The van der Waals surface area contributed by atoms with Gasteiger partial charge >= 0.3 is 0 Å². The smallest absolute Gasteiger partial charge is 0.231 e. The van der Waals surface area contributed by atoms with Crippen molar-refractivity contribution >= 4 is 11.7 Å². The number of nitrogens with zero attached hydrogens (tertiary/aromatic N) is 6. The van der Waals surface area contributed by atoms with E-state index in [1.165, 1.54) is 12.3 Å². The van der Waals surface area contributed by atoms with Crippen LogP contribution in [0.4, 0.5) is 10.2 Å². The maximum Gasteiger partial charge on any atom is 0.231 e. The van der Waals surface area contributed by atoms with E-state index in [0.29, 0.717) is 31.0 Å². The van der Waals surface area contributed by atoms with Crippen LogP contribution in [0.15, 0.2) is 49.1 Å². The molecule has 4 heterocycles. The number of pyridine rings is 2. The lowest BCUT2D eigenvalue weighted by atomic mass is 9.99. The lowest BCUT2D eigenvalue weighted by Gasteiger charge is -2.15. The SMILES string of the molecule is O=C1[C@H](Cc2ccc(F)nc2)CCN1c1cnc(-c2ccncc2)nn1. The molecule has 3 aromatic rings. The summed E-state index contributed by atoms with van der Waals surface area (Å²) in [5.41, 5.74) is 1.65. The lowest BCUT2D eigenvalue weighted by Crippen LogP contribution is -2.29. The van der Waals surface area contributed by atoms with Crippen molar-refractivity contribution in [2.75, 3.05) is 11.4 Å². The number of hydrogen-bond donors (Lipinski definition) is 0. The molecule has 4 rings (SSSR count). The van der Waals surface area contributed by atoms with E-state index < -0.39 is 5.95 Å². The van der Waals surface area contributed by atoms with Gasteiger partial charge in [-0.1, -0.05) is 6.07 Å². The van der Waals surface area contributed by atoms with Gasteiger partial charge in [0, 0.05) is 36.6 Å². The molecule has 1 amide bonds. The maximum absolute atomic E-state index is 12.9. The molecule has 0 aromatic carbocycles. The molecule has 8 heteroatoms. The van der Waals surface area contributed by atoms with Gasteiger partial charge in [-0.25, -0.2) is 9.97 Å². The van der Waals surface area contributed by atoms with Crippen molar-refractivity contribution in [3.8, 4) is 11.4 Å². The minimum absolute atomic E-state index is 0.0258. The first-order chi connectivity index (χ1) is 12.7. The third-order valence-electron chi connectivity index (χ3n) is 4.35. The minimum atomic E-state index is -0.524. The summed E-state index contributed by atoms with van der Waals surface area (Å²) in [6, 6.07) is 6.55. The number of rotatable bonds is 4. The quantitative estimate of drug-likeness (QED) is 0.670. The Balaban J connectivity index is 1.47. The topological polar surface area (TPSA) is 84.8 Å². The number of halogens is 1. The molecule has 0 N–H and O–H groups in total. The fraction of sp³-hybridized carbons (Fsp3) is 0.222. The van der Waals surface area contributed by atoms with Crippen LogP contribution >= 0.6 is 0 Å². The highest BCUT2D eigenvalue weighted by Crippen LogP contribution is 2.26. The highest BCUT2D eigenvalue weighted by atomic mass is 19.1. The van der Waals surface area contributed by atoms with Crippen LogP contribution in [0.1, 0.15) is 12.0 Å². The van der Waals surface area contributed by atoms with Crippen LogP contribution in [0.3, 0.4) is 0 Å². The highest BCUT2D eigenvalue weighted by Gasteiger charge is 2.33. The minimum Gasteiger partial charge on any atom is -0.294 e. The summed E-state index contributed by atoms with van der Waals surface area (Å²) in [6.45, 7) is 0.559. The monoisotopic (exact) mass is 350 g/mol. The summed E-state index contributed by atoms with van der Waals surface area (Å²) in [5, 5.41) is 8.26. The van der Waals surface area contributed by atoms with E-state index in [0.717, 1.165) is 11.1 Å². The summed E-state index contributed by atoms with van der Waals surface area (Å²) in [4.78, 5) is 26.1.